The smallest absolute Gasteiger partial charge is 0.0492 e. The van der Waals surface area contributed by atoms with Crippen molar-refractivity contribution in [1.29, 1.82) is 0 Å². The fourth-order valence-electron chi connectivity index (χ4n) is 3.99. The summed E-state index contributed by atoms with van der Waals surface area (Å²) in [5.41, 5.74) is 1.80. The van der Waals surface area contributed by atoms with E-state index in [-0.39, 0.29) is 0 Å². The zero-order chi connectivity index (χ0) is 14.0. The van der Waals surface area contributed by atoms with E-state index in [1.54, 1.807) is 0 Å². The first kappa shape index (κ1) is 14.1. The quantitative estimate of drug-likeness (QED) is 0.912. The van der Waals surface area contributed by atoms with Crippen LogP contribution in [0.4, 0.5) is 0 Å². The van der Waals surface area contributed by atoms with Gasteiger partial charge in [0, 0.05) is 56.6 Å². The number of nitrogens with zero attached hydrogens (tertiary/aromatic N) is 3. The molecule has 1 aliphatic carbocycles. The second kappa shape index (κ2) is 5.86. The van der Waals surface area contributed by atoms with Crippen LogP contribution in [0.5, 0.6) is 0 Å². The number of aromatic nitrogens is 2. The molecule has 1 unspecified atom stereocenters. The number of nitrogens with one attached hydrogen (secondary N) is 1. The zero-order valence-electron chi connectivity index (χ0n) is 12.9. The highest BCUT2D eigenvalue weighted by Gasteiger charge is 2.42. The van der Waals surface area contributed by atoms with Gasteiger partial charge in [-0.15, -0.1) is 0 Å². The van der Waals surface area contributed by atoms with Gasteiger partial charge in [0.15, 0.2) is 0 Å². The van der Waals surface area contributed by atoms with Crippen molar-refractivity contribution in [3.05, 3.63) is 18.0 Å². The fourth-order valence-corrected chi connectivity index (χ4v) is 3.99. The van der Waals surface area contributed by atoms with Gasteiger partial charge < -0.3 is 5.32 Å². The molecule has 0 amide bonds. The Bertz CT molecular complexity index is 433. The highest BCUT2D eigenvalue weighted by molar-refractivity contribution is 5.05. The van der Waals surface area contributed by atoms with Gasteiger partial charge in [0.1, 0.15) is 0 Å². The minimum atomic E-state index is 0.449. The standard InChI is InChI=1S/C16H28N4/c1-3-14-12-20(11-7-15-6-10-18-19(15)2)16(13-17-14)8-4-5-9-16/h6,10,14,17H,3-5,7-9,11-13H2,1-2H3. The van der Waals surface area contributed by atoms with E-state index >= 15 is 0 Å². The molecule has 0 aromatic carbocycles. The molecule has 4 heteroatoms. The molecular weight excluding hydrogens is 248 g/mol. The Morgan fingerprint density at radius 2 is 2.20 bits per heavy atom. The maximum Gasteiger partial charge on any atom is 0.0492 e. The highest BCUT2D eigenvalue weighted by atomic mass is 15.3. The summed E-state index contributed by atoms with van der Waals surface area (Å²) < 4.78 is 2.01. The van der Waals surface area contributed by atoms with E-state index in [4.69, 9.17) is 0 Å². The van der Waals surface area contributed by atoms with Crippen molar-refractivity contribution in [3.63, 3.8) is 0 Å². The third-order valence-electron chi connectivity index (χ3n) is 5.42. The second-order valence-electron chi connectivity index (χ2n) is 6.56. The topological polar surface area (TPSA) is 33.1 Å². The summed E-state index contributed by atoms with van der Waals surface area (Å²) in [5.74, 6) is 0. The van der Waals surface area contributed by atoms with Gasteiger partial charge in [-0.1, -0.05) is 19.8 Å². The van der Waals surface area contributed by atoms with Crippen LogP contribution in [0.2, 0.25) is 0 Å². The summed E-state index contributed by atoms with van der Waals surface area (Å²) in [6.45, 7) is 5.88. The summed E-state index contributed by atoms with van der Waals surface area (Å²) in [5, 5.41) is 8.06. The number of aryl methyl sites for hydroxylation is 1. The number of hydrogen-bond acceptors (Lipinski definition) is 3. The molecule has 1 saturated carbocycles. The van der Waals surface area contributed by atoms with E-state index < -0.39 is 0 Å². The van der Waals surface area contributed by atoms with Gasteiger partial charge in [-0.2, -0.15) is 5.10 Å². The third kappa shape index (κ3) is 2.63. The molecule has 1 aromatic heterocycles. The van der Waals surface area contributed by atoms with Crippen LogP contribution in [0.3, 0.4) is 0 Å². The predicted molar refractivity (Wildman–Crippen MR) is 81.8 cm³/mol. The molecule has 1 atom stereocenters. The lowest BCUT2D eigenvalue weighted by molar-refractivity contribution is 0.0428. The molecule has 3 rings (SSSR count). The van der Waals surface area contributed by atoms with Crippen LogP contribution in [0.15, 0.2) is 12.3 Å². The van der Waals surface area contributed by atoms with Crippen LogP contribution in [0.1, 0.15) is 44.7 Å². The monoisotopic (exact) mass is 276 g/mol. The average Bonchev–Trinajstić information content (AvgIpc) is 3.08. The van der Waals surface area contributed by atoms with Crippen molar-refractivity contribution >= 4 is 0 Å². The van der Waals surface area contributed by atoms with E-state index in [0.29, 0.717) is 11.6 Å². The number of piperazine rings is 1. The van der Waals surface area contributed by atoms with Crippen LogP contribution < -0.4 is 5.32 Å². The molecule has 0 radical (unpaired) electrons. The molecule has 2 heterocycles. The lowest BCUT2D eigenvalue weighted by Crippen LogP contribution is -2.63. The zero-order valence-corrected chi connectivity index (χ0v) is 12.9. The van der Waals surface area contributed by atoms with E-state index in [9.17, 15) is 0 Å². The van der Waals surface area contributed by atoms with Crippen molar-refractivity contribution < 1.29 is 0 Å². The molecule has 0 bridgehead atoms. The Morgan fingerprint density at radius 1 is 1.40 bits per heavy atom. The SMILES string of the molecule is CCC1CN(CCc2ccnn2C)C2(CCCC2)CN1. The van der Waals surface area contributed by atoms with Crippen LogP contribution in [0, 0.1) is 0 Å². The van der Waals surface area contributed by atoms with Gasteiger partial charge in [0.25, 0.3) is 0 Å². The second-order valence-corrected chi connectivity index (χ2v) is 6.56. The third-order valence-corrected chi connectivity index (χ3v) is 5.42. The minimum Gasteiger partial charge on any atom is -0.311 e. The maximum absolute atomic E-state index is 4.29. The van der Waals surface area contributed by atoms with E-state index in [0.717, 1.165) is 6.42 Å². The maximum atomic E-state index is 4.29. The summed E-state index contributed by atoms with van der Waals surface area (Å²) >= 11 is 0. The lowest BCUT2D eigenvalue weighted by Gasteiger charge is -2.48. The van der Waals surface area contributed by atoms with Crippen molar-refractivity contribution in [1.82, 2.24) is 20.0 Å². The first-order valence-corrected chi connectivity index (χ1v) is 8.19. The normalized spacial score (nSPS) is 26.4. The molecule has 1 spiro atoms. The molecule has 2 aliphatic rings. The first-order chi connectivity index (χ1) is 9.73. The van der Waals surface area contributed by atoms with Gasteiger partial charge >= 0.3 is 0 Å². The molecular formula is C16H28N4. The number of rotatable bonds is 4. The Balaban J connectivity index is 1.68. The van der Waals surface area contributed by atoms with Crippen LogP contribution in [-0.4, -0.2) is 45.9 Å². The molecule has 1 aromatic rings. The molecule has 1 aliphatic heterocycles. The molecule has 1 N–H and O–H groups in total. The summed E-state index contributed by atoms with van der Waals surface area (Å²) in [6, 6.07) is 2.83. The summed E-state index contributed by atoms with van der Waals surface area (Å²) in [4.78, 5) is 2.79. The Kier molecular flexibility index (Phi) is 4.13. The lowest BCUT2D eigenvalue weighted by atomic mass is 9.90. The van der Waals surface area contributed by atoms with Gasteiger partial charge in [-0.25, -0.2) is 0 Å². The first-order valence-electron chi connectivity index (χ1n) is 8.19. The highest BCUT2D eigenvalue weighted by Crippen LogP contribution is 2.37. The Hall–Kier alpha value is -0.870. The largest absolute Gasteiger partial charge is 0.311 e. The van der Waals surface area contributed by atoms with Gasteiger partial charge in [0.2, 0.25) is 0 Å². The molecule has 2 fully saturated rings. The van der Waals surface area contributed by atoms with Crippen molar-refractivity contribution in [3.8, 4) is 0 Å². The van der Waals surface area contributed by atoms with Crippen molar-refractivity contribution in [2.75, 3.05) is 19.6 Å². The minimum absolute atomic E-state index is 0.449. The van der Waals surface area contributed by atoms with Gasteiger partial charge in [-0.3, -0.25) is 9.58 Å². The van der Waals surface area contributed by atoms with E-state index in [1.165, 1.54) is 57.4 Å². The van der Waals surface area contributed by atoms with E-state index in [1.807, 2.05) is 17.9 Å². The Labute approximate surface area is 122 Å². The molecule has 20 heavy (non-hydrogen) atoms. The number of hydrogen-bond donors (Lipinski definition) is 1. The molecule has 1 saturated heterocycles. The van der Waals surface area contributed by atoms with Gasteiger partial charge in [-0.05, 0) is 25.3 Å². The molecule has 4 nitrogen and oxygen atoms in total. The Morgan fingerprint density at radius 3 is 2.85 bits per heavy atom. The van der Waals surface area contributed by atoms with Crippen LogP contribution >= 0.6 is 0 Å². The van der Waals surface area contributed by atoms with Crippen molar-refractivity contribution in [2.24, 2.45) is 7.05 Å². The predicted octanol–water partition coefficient (Wildman–Crippen LogP) is 1.96. The van der Waals surface area contributed by atoms with Crippen LogP contribution in [-0.2, 0) is 13.5 Å². The molecule has 112 valence electrons. The fraction of sp³-hybridized carbons (Fsp3) is 0.812. The van der Waals surface area contributed by atoms with Gasteiger partial charge in [0.05, 0.1) is 0 Å². The summed E-state index contributed by atoms with van der Waals surface area (Å²) in [7, 11) is 2.05. The van der Waals surface area contributed by atoms with Crippen molar-refractivity contribution in [2.45, 2.75) is 57.0 Å². The van der Waals surface area contributed by atoms with E-state index in [2.05, 4.69) is 28.3 Å². The summed E-state index contributed by atoms with van der Waals surface area (Å²) in [6.07, 6.45) is 9.82. The average molecular weight is 276 g/mol. The van der Waals surface area contributed by atoms with Crippen LogP contribution in [0.25, 0.3) is 0 Å².